The molecule has 0 atom stereocenters. The summed E-state index contributed by atoms with van der Waals surface area (Å²) in [5.74, 6) is -0.165. The maximum absolute atomic E-state index is 13.3. The van der Waals surface area contributed by atoms with Crippen molar-refractivity contribution in [1.82, 2.24) is 0 Å². The fraction of sp³-hybridized carbons (Fsp3) is 0.538. The van der Waals surface area contributed by atoms with Crippen LogP contribution < -0.4 is 5.73 Å². The van der Waals surface area contributed by atoms with Gasteiger partial charge in [-0.3, -0.25) is 0 Å². The van der Waals surface area contributed by atoms with E-state index in [4.69, 9.17) is 5.73 Å². The first kappa shape index (κ1) is 10.6. The van der Waals surface area contributed by atoms with E-state index < -0.39 is 0 Å². The van der Waals surface area contributed by atoms with Gasteiger partial charge in [0.05, 0.1) is 0 Å². The molecule has 1 fully saturated rings. The van der Waals surface area contributed by atoms with E-state index in [1.165, 1.54) is 0 Å². The summed E-state index contributed by atoms with van der Waals surface area (Å²) >= 11 is 0. The van der Waals surface area contributed by atoms with Crippen LogP contribution >= 0.6 is 0 Å². The van der Waals surface area contributed by atoms with Crippen molar-refractivity contribution >= 4 is 0 Å². The number of hydrogen-bond donors (Lipinski definition) is 1. The summed E-state index contributed by atoms with van der Waals surface area (Å²) in [5.41, 5.74) is 7.94. The highest BCUT2D eigenvalue weighted by Crippen LogP contribution is 2.49. The predicted molar refractivity (Wildman–Crippen MR) is 60.3 cm³/mol. The van der Waals surface area contributed by atoms with E-state index in [2.05, 4.69) is 13.8 Å². The number of rotatable bonds is 2. The molecule has 1 aliphatic rings. The molecule has 0 heterocycles. The molecule has 15 heavy (non-hydrogen) atoms. The highest BCUT2D eigenvalue weighted by Gasteiger charge is 2.51. The third kappa shape index (κ3) is 1.67. The molecule has 0 saturated heterocycles. The molecule has 2 heteroatoms. The van der Waals surface area contributed by atoms with E-state index in [1.54, 1.807) is 12.1 Å². The number of benzene rings is 1. The minimum atomic E-state index is -0.165. The summed E-state index contributed by atoms with van der Waals surface area (Å²) in [6.07, 6.45) is 2.07. The molecule has 2 rings (SSSR count). The maximum atomic E-state index is 13.3. The van der Waals surface area contributed by atoms with Crippen molar-refractivity contribution in [1.29, 1.82) is 0 Å². The predicted octanol–water partition coefficient (Wildman–Crippen LogP) is 2.90. The largest absolute Gasteiger partial charge is 0.324 e. The lowest BCUT2D eigenvalue weighted by Crippen LogP contribution is -2.43. The standard InChI is InChI=1S/C13H18FN/c1-9-6-10(8-11(14)7-9)12(2,3)13(15)4-5-13/h6-8H,4-5,15H2,1-3H3. The smallest absolute Gasteiger partial charge is 0.123 e. The van der Waals surface area contributed by atoms with E-state index in [-0.39, 0.29) is 16.8 Å². The SMILES string of the molecule is Cc1cc(F)cc(C(C)(C)C2(N)CC2)c1. The molecule has 0 amide bonds. The highest BCUT2D eigenvalue weighted by atomic mass is 19.1. The van der Waals surface area contributed by atoms with Crippen molar-refractivity contribution in [3.8, 4) is 0 Å². The number of nitrogens with two attached hydrogens (primary N) is 1. The molecule has 0 bridgehead atoms. The molecule has 1 aliphatic carbocycles. The molecular weight excluding hydrogens is 189 g/mol. The molecule has 0 aromatic heterocycles. The van der Waals surface area contributed by atoms with Crippen LogP contribution in [0.2, 0.25) is 0 Å². The van der Waals surface area contributed by atoms with E-state index in [0.29, 0.717) is 0 Å². The molecule has 2 N–H and O–H groups in total. The minimum absolute atomic E-state index is 0.132. The van der Waals surface area contributed by atoms with Crippen LogP contribution in [-0.4, -0.2) is 5.54 Å². The molecule has 1 aromatic rings. The lowest BCUT2D eigenvalue weighted by Gasteiger charge is -2.32. The number of halogens is 1. The van der Waals surface area contributed by atoms with E-state index in [0.717, 1.165) is 24.0 Å². The van der Waals surface area contributed by atoms with E-state index >= 15 is 0 Å². The molecule has 1 nitrogen and oxygen atoms in total. The zero-order valence-electron chi connectivity index (χ0n) is 9.60. The summed E-state index contributed by atoms with van der Waals surface area (Å²) in [5, 5.41) is 0. The fourth-order valence-electron chi connectivity index (χ4n) is 2.14. The molecule has 1 saturated carbocycles. The van der Waals surface area contributed by atoms with Crippen LogP contribution in [0.1, 0.15) is 37.8 Å². The van der Waals surface area contributed by atoms with Crippen molar-refractivity contribution in [3.63, 3.8) is 0 Å². The second-order valence-corrected chi connectivity index (χ2v) is 5.30. The van der Waals surface area contributed by atoms with Crippen LogP contribution in [0.15, 0.2) is 18.2 Å². The second-order valence-electron chi connectivity index (χ2n) is 5.30. The topological polar surface area (TPSA) is 26.0 Å². The third-order valence-corrected chi connectivity index (χ3v) is 3.80. The highest BCUT2D eigenvalue weighted by molar-refractivity contribution is 5.35. The van der Waals surface area contributed by atoms with Gasteiger partial charge < -0.3 is 5.73 Å². The molecule has 0 unspecified atom stereocenters. The van der Waals surface area contributed by atoms with Gasteiger partial charge in [-0.1, -0.05) is 19.9 Å². The van der Waals surface area contributed by atoms with E-state index in [9.17, 15) is 4.39 Å². The number of aryl methyl sites for hydroxylation is 1. The first-order valence-electron chi connectivity index (χ1n) is 5.42. The van der Waals surface area contributed by atoms with Gasteiger partial charge in [0.2, 0.25) is 0 Å². The number of hydrogen-bond acceptors (Lipinski definition) is 1. The Morgan fingerprint density at radius 2 is 1.87 bits per heavy atom. The van der Waals surface area contributed by atoms with Crippen LogP contribution in [0.5, 0.6) is 0 Å². The van der Waals surface area contributed by atoms with Crippen LogP contribution in [0, 0.1) is 12.7 Å². The van der Waals surface area contributed by atoms with Crippen LogP contribution in [0.25, 0.3) is 0 Å². The molecule has 82 valence electrons. The van der Waals surface area contributed by atoms with Crippen LogP contribution in [-0.2, 0) is 5.41 Å². The van der Waals surface area contributed by atoms with Gasteiger partial charge in [-0.15, -0.1) is 0 Å². The minimum Gasteiger partial charge on any atom is -0.324 e. The van der Waals surface area contributed by atoms with Gasteiger partial charge >= 0.3 is 0 Å². The molecule has 0 aliphatic heterocycles. The van der Waals surface area contributed by atoms with Gasteiger partial charge in [0.15, 0.2) is 0 Å². The lowest BCUT2D eigenvalue weighted by molar-refractivity contribution is 0.389. The Bertz CT molecular complexity index is 371. The van der Waals surface area contributed by atoms with Gasteiger partial charge in [-0.05, 0) is 43.0 Å². The van der Waals surface area contributed by atoms with Crippen LogP contribution in [0.4, 0.5) is 4.39 Å². The Balaban J connectivity index is 2.44. The van der Waals surface area contributed by atoms with Crippen molar-refractivity contribution in [3.05, 3.63) is 35.1 Å². The third-order valence-electron chi connectivity index (χ3n) is 3.80. The monoisotopic (exact) mass is 207 g/mol. The Hall–Kier alpha value is -0.890. The van der Waals surface area contributed by atoms with Gasteiger partial charge in [-0.25, -0.2) is 4.39 Å². The van der Waals surface area contributed by atoms with Crippen LogP contribution in [0.3, 0.4) is 0 Å². The Morgan fingerprint density at radius 1 is 1.27 bits per heavy atom. The average Bonchev–Trinajstić information content (AvgIpc) is 2.83. The van der Waals surface area contributed by atoms with E-state index in [1.807, 2.05) is 13.0 Å². The second kappa shape index (κ2) is 3.05. The Morgan fingerprint density at radius 3 is 2.33 bits per heavy atom. The van der Waals surface area contributed by atoms with Crippen molar-refractivity contribution in [2.75, 3.05) is 0 Å². The maximum Gasteiger partial charge on any atom is 0.123 e. The summed E-state index contributed by atoms with van der Waals surface area (Å²) in [6.45, 7) is 6.13. The molecule has 0 spiro atoms. The molecule has 0 radical (unpaired) electrons. The van der Waals surface area contributed by atoms with Gasteiger partial charge in [-0.2, -0.15) is 0 Å². The average molecular weight is 207 g/mol. The first-order chi connectivity index (χ1) is 6.85. The normalized spacial score (nSPS) is 19.0. The van der Waals surface area contributed by atoms with Gasteiger partial charge in [0.25, 0.3) is 0 Å². The first-order valence-corrected chi connectivity index (χ1v) is 5.42. The van der Waals surface area contributed by atoms with Gasteiger partial charge in [0, 0.05) is 11.0 Å². The Kier molecular flexibility index (Phi) is 2.16. The van der Waals surface area contributed by atoms with Crippen molar-refractivity contribution in [2.24, 2.45) is 5.73 Å². The fourth-order valence-corrected chi connectivity index (χ4v) is 2.14. The zero-order chi connectivity index (χ0) is 11.3. The summed E-state index contributed by atoms with van der Waals surface area (Å²) < 4.78 is 13.3. The Labute approximate surface area is 90.5 Å². The summed E-state index contributed by atoms with van der Waals surface area (Å²) in [6, 6.07) is 5.20. The lowest BCUT2D eigenvalue weighted by atomic mass is 9.75. The van der Waals surface area contributed by atoms with Crippen molar-refractivity contribution < 1.29 is 4.39 Å². The van der Waals surface area contributed by atoms with Crippen molar-refractivity contribution in [2.45, 2.75) is 44.6 Å². The molecular formula is C13H18FN. The van der Waals surface area contributed by atoms with Gasteiger partial charge in [0.1, 0.15) is 5.82 Å². The quantitative estimate of drug-likeness (QED) is 0.792. The zero-order valence-corrected chi connectivity index (χ0v) is 9.60. The summed E-state index contributed by atoms with van der Waals surface area (Å²) in [4.78, 5) is 0. The molecule has 1 aromatic carbocycles. The summed E-state index contributed by atoms with van der Waals surface area (Å²) in [7, 11) is 0.